The lowest BCUT2D eigenvalue weighted by Gasteiger charge is -2.39. The van der Waals surface area contributed by atoms with Gasteiger partial charge in [0.15, 0.2) is 0 Å². The molecule has 114 valence electrons. The summed E-state index contributed by atoms with van der Waals surface area (Å²) in [6, 6.07) is 0. The molecule has 0 aromatic carbocycles. The zero-order chi connectivity index (χ0) is 14.5. The minimum atomic E-state index is -4.06. The van der Waals surface area contributed by atoms with Gasteiger partial charge in [0.1, 0.15) is 0 Å². The van der Waals surface area contributed by atoms with Crippen molar-refractivity contribution < 1.29 is 18.3 Å². The highest BCUT2D eigenvalue weighted by Crippen LogP contribution is 2.34. The highest BCUT2D eigenvalue weighted by atomic mass is 19.4. The van der Waals surface area contributed by atoms with Crippen LogP contribution in [0.1, 0.15) is 33.1 Å². The van der Waals surface area contributed by atoms with E-state index in [1.165, 1.54) is 0 Å². The van der Waals surface area contributed by atoms with E-state index in [1.54, 1.807) is 0 Å². The first kappa shape index (κ1) is 16.7. The van der Waals surface area contributed by atoms with Crippen molar-refractivity contribution in [2.75, 3.05) is 32.8 Å². The summed E-state index contributed by atoms with van der Waals surface area (Å²) >= 11 is 0. The summed E-state index contributed by atoms with van der Waals surface area (Å²) in [5.41, 5.74) is -0.429. The van der Waals surface area contributed by atoms with E-state index in [4.69, 9.17) is 0 Å². The molecule has 1 rings (SSSR count). The summed E-state index contributed by atoms with van der Waals surface area (Å²) in [4.78, 5) is 2.02. The zero-order valence-electron chi connectivity index (χ0n) is 11.8. The van der Waals surface area contributed by atoms with Crippen LogP contribution in [0.5, 0.6) is 0 Å². The average molecular weight is 282 g/mol. The fourth-order valence-electron chi connectivity index (χ4n) is 2.50. The molecule has 0 aromatic heterocycles. The van der Waals surface area contributed by atoms with Crippen LogP contribution in [0.15, 0.2) is 0 Å². The highest BCUT2D eigenvalue weighted by molar-refractivity contribution is 4.88. The summed E-state index contributed by atoms with van der Waals surface area (Å²) in [6.45, 7) is 6.25. The highest BCUT2D eigenvalue weighted by Gasteiger charge is 2.41. The number of nitrogens with one attached hydrogen (secondary N) is 1. The largest absolute Gasteiger partial charge is 0.394 e. The maximum Gasteiger partial charge on any atom is 0.391 e. The zero-order valence-corrected chi connectivity index (χ0v) is 11.8. The van der Waals surface area contributed by atoms with E-state index in [1.807, 2.05) is 18.7 Å². The van der Waals surface area contributed by atoms with Gasteiger partial charge in [0.25, 0.3) is 0 Å². The Bertz CT molecular complexity index is 265. The number of alkyl halides is 3. The van der Waals surface area contributed by atoms with Gasteiger partial charge in [0.2, 0.25) is 0 Å². The minimum absolute atomic E-state index is 0.00774. The second kappa shape index (κ2) is 6.90. The molecule has 0 spiro atoms. The number of rotatable bonds is 6. The van der Waals surface area contributed by atoms with Crippen LogP contribution in [0, 0.1) is 5.92 Å². The average Bonchev–Trinajstić information content (AvgIpc) is 2.36. The summed E-state index contributed by atoms with van der Waals surface area (Å²) in [6.07, 6.45) is -2.77. The van der Waals surface area contributed by atoms with Crippen LogP contribution in [0.25, 0.3) is 0 Å². The van der Waals surface area contributed by atoms with Crippen molar-refractivity contribution in [3.05, 3.63) is 0 Å². The van der Waals surface area contributed by atoms with Crippen molar-refractivity contribution in [2.45, 2.75) is 44.8 Å². The number of piperidine rings is 1. The van der Waals surface area contributed by atoms with E-state index in [2.05, 4.69) is 5.32 Å². The Labute approximate surface area is 113 Å². The van der Waals surface area contributed by atoms with E-state index in [-0.39, 0.29) is 19.4 Å². The van der Waals surface area contributed by atoms with Crippen molar-refractivity contribution in [3.63, 3.8) is 0 Å². The molecule has 1 heterocycles. The van der Waals surface area contributed by atoms with Crippen molar-refractivity contribution in [1.29, 1.82) is 0 Å². The molecule has 1 atom stereocenters. The van der Waals surface area contributed by atoms with Gasteiger partial charge in [-0.15, -0.1) is 0 Å². The smallest absolute Gasteiger partial charge is 0.391 e. The number of aliphatic hydroxyl groups excluding tert-OH is 1. The second-order valence-electron chi connectivity index (χ2n) is 5.74. The van der Waals surface area contributed by atoms with E-state index in [0.717, 1.165) is 13.0 Å². The van der Waals surface area contributed by atoms with Crippen LogP contribution in [0.2, 0.25) is 0 Å². The monoisotopic (exact) mass is 282 g/mol. The SMILES string of the molecule is CCCNC(C)(CO)CN1CCC(C(F)(F)F)CC1. The standard InChI is InChI=1S/C13H25F3N2O/c1-3-6-17-12(2,10-19)9-18-7-4-11(5-8-18)13(14,15)16/h11,17,19H,3-10H2,1-2H3. The van der Waals surface area contributed by atoms with E-state index >= 15 is 0 Å². The number of aliphatic hydroxyl groups is 1. The quantitative estimate of drug-likeness (QED) is 0.782. The second-order valence-corrected chi connectivity index (χ2v) is 5.74. The van der Waals surface area contributed by atoms with E-state index < -0.39 is 17.6 Å². The number of likely N-dealkylation sites (tertiary alicyclic amines) is 1. The number of hydrogen-bond acceptors (Lipinski definition) is 3. The van der Waals surface area contributed by atoms with Crippen LogP contribution in [0.3, 0.4) is 0 Å². The molecule has 19 heavy (non-hydrogen) atoms. The summed E-state index contributed by atoms with van der Waals surface area (Å²) in [5.74, 6) is -1.16. The first-order valence-electron chi connectivity index (χ1n) is 6.95. The lowest BCUT2D eigenvalue weighted by molar-refractivity contribution is -0.185. The molecule has 1 saturated heterocycles. The number of hydrogen-bond donors (Lipinski definition) is 2. The van der Waals surface area contributed by atoms with Gasteiger partial charge in [-0.2, -0.15) is 13.2 Å². The van der Waals surface area contributed by atoms with Gasteiger partial charge < -0.3 is 15.3 Å². The van der Waals surface area contributed by atoms with Gasteiger partial charge in [0.05, 0.1) is 18.1 Å². The molecule has 0 bridgehead atoms. The molecule has 1 aliphatic heterocycles. The number of halogens is 3. The normalized spacial score (nSPS) is 22.4. The Balaban J connectivity index is 2.43. The fourth-order valence-corrected chi connectivity index (χ4v) is 2.50. The molecule has 1 aliphatic rings. The van der Waals surface area contributed by atoms with Crippen molar-refractivity contribution in [1.82, 2.24) is 10.2 Å². The molecular formula is C13H25F3N2O. The molecule has 0 saturated carbocycles. The molecule has 1 fully saturated rings. The van der Waals surface area contributed by atoms with Crippen LogP contribution in [-0.4, -0.2) is 54.5 Å². The Hall–Kier alpha value is -0.330. The predicted molar refractivity (Wildman–Crippen MR) is 69.0 cm³/mol. The van der Waals surface area contributed by atoms with Gasteiger partial charge in [-0.25, -0.2) is 0 Å². The first-order chi connectivity index (χ1) is 8.80. The van der Waals surface area contributed by atoms with Crippen LogP contribution >= 0.6 is 0 Å². The summed E-state index contributed by atoms with van der Waals surface area (Å²) in [7, 11) is 0. The molecule has 0 aromatic rings. The Morgan fingerprint density at radius 3 is 2.26 bits per heavy atom. The Morgan fingerprint density at radius 2 is 1.84 bits per heavy atom. The topological polar surface area (TPSA) is 35.5 Å². The molecule has 0 amide bonds. The Kier molecular flexibility index (Phi) is 6.08. The predicted octanol–water partition coefficient (Wildman–Crippen LogP) is 2.01. The molecule has 3 nitrogen and oxygen atoms in total. The maximum absolute atomic E-state index is 12.6. The van der Waals surface area contributed by atoms with Gasteiger partial charge in [-0.05, 0) is 45.8 Å². The van der Waals surface area contributed by atoms with Crippen LogP contribution in [0.4, 0.5) is 13.2 Å². The third kappa shape index (κ3) is 5.28. The maximum atomic E-state index is 12.6. The van der Waals surface area contributed by atoms with E-state index in [0.29, 0.717) is 19.6 Å². The molecule has 2 N–H and O–H groups in total. The van der Waals surface area contributed by atoms with Gasteiger partial charge >= 0.3 is 6.18 Å². The third-order valence-corrected chi connectivity index (χ3v) is 3.77. The van der Waals surface area contributed by atoms with Crippen LogP contribution in [-0.2, 0) is 0 Å². The van der Waals surface area contributed by atoms with Gasteiger partial charge in [0, 0.05) is 6.54 Å². The lowest BCUT2D eigenvalue weighted by atomic mass is 9.94. The van der Waals surface area contributed by atoms with Crippen molar-refractivity contribution >= 4 is 0 Å². The van der Waals surface area contributed by atoms with Gasteiger partial charge in [-0.1, -0.05) is 6.92 Å². The van der Waals surface area contributed by atoms with Gasteiger partial charge in [-0.3, -0.25) is 0 Å². The minimum Gasteiger partial charge on any atom is -0.394 e. The Morgan fingerprint density at radius 1 is 1.26 bits per heavy atom. The van der Waals surface area contributed by atoms with Crippen molar-refractivity contribution in [3.8, 4) is 0 Å². The molecule has 0 radical (unpaired) electrons. The fraction of sp³-hybridized carbons (Fsp3) is 1.00. The molecule has 0 aliphatic carbocycles. The molecule has 1 unspecified atom stereocenters. The summed E-state index contributed by atoms with van der Waals surface area (Å²) < 4.78 is 37.7. The summed E-state index contributed by atoms with van der Waals surface area (Å²) in [5, 5.41) is 12.7. The number of nitrogens with zero attached hydrogens (tertiary/aromatic N) is 1. The molecule has 6 heteroatoms. The van der Waals surface area contributed by atoms with E-state index in [9.17, 15) is 18.3 Å². The first-order valence-corrected chi connectivity index (χ1v) is 6.95. The molecular weight excluding hydrogens is 257 g/mol. The third-order valence-electron chi connectivity index (χ3n) is 3.77. The lowest BCUT2D eigenvalue weighted by Crippen LogP contribution is -2.55. The van der Waals surface area contributed by atoms with Crippen LogP contribution < -0.4 is 5.32 Å². The van der Waals surface area contributed by atoms with Crippen molar-refractivity contribution in [2.24, 2.45) is 5.92 Å².